The zero-order chi connectivity index (χ0) is 8.10. The van der Waals surface area contributed by atoms with Gasteiger partial charge >= 0.3 is 0 Å². The Kier molecular flexibility index (Phi) is 3.35. The molecule has 0 atom stereocenters. The Morgan fingerprint density at radius 3 is 3.18 bits per heavy atom. The molecule has 1 aliphatic heterocycles. The van der Waals surface area contributed by atoms with Crippen LogP contribution in [0.4, 0.5) is 0 Å². The molecule has 0 bridgehead atoms. The lowest BCUT2D eigenvalue weighted by Gasteiger charge is -2.09. The number of nitrogens with zero attached hydrogens (tertiary/aromatic N) is 1. The molecule has 0 fully saturated rings. The maximum Gasteiger partial charge on any atom is 0.135 e. The van der Waals surface area contributed by atoms with Gasteiger partial charge in [0, 0.05) is 13.6 Å². The average Bonchev–Trinajstić information content (AvgIpc) is 2.37. The van der Waals surface area contributed by atoms with Gasteiger partial charge in [0.15, 0.2) is 0 Å². The topological polar surface area (TPSA) is 44.7 Å². The molecule has 0 radical (unpaired) electrons. The molecule has 1 rings (SSSR count). The minimum atomic E-state index is 0.170. The lowest BCUT2D eigenvalue weighted by Crippen LogP contribution is -2.22. The number of hydroxylamine groups is 2. The van der Waals surface area contributed by atoms with Crippen molar-refractivity contribution in [2.24, 2.45) is 0 Å². The average molecular weight is 158 g/mol. The first-order chi connectivity index (χ1) is 5.33. The van der Waals surface area contributed by atoms with Gasteiger partial charge in [-0.05, 0) is 6.08 Å². The van der Waals surface area contributed by atoms with E-state index < -0.39 is 0 Å². The zero-order valence-corrected chi connectivity index (χ0v) is 6.71. The van der Waals surface area contributed by atoms with Gasteiger partial charge < -0.3 is 15.3 Å². The van der Waals surface area contributed by atoms with Gasteiger partial charge in [-0.25, -0.2) is 0 Å². The number of nitrogens with one attached hydrogen (secondary N) is 1. The first-order valence-electron chi connectivity index (χ1n) is 3.72. The molecule has 0 aromatic heterocycles. The summed E-state index contributed by atoms with van der Waals surface area (Å²) in [4.78, 5) is 5.26. The lowest BCUT2D eigenvalue weighted by molar-refractivity contribution is -0.0681. The molecule has 4 heteroatoms. The fraction of sp³-hybridized carbons (Fsp3) is 0.714. The third-order valence-corrected chi connectivity index (χ3v) is 1.44. The predicted octanol–water partition coefficient (Wildman–Crippen LogP) is -0.671. The van der Waals surface area contributed by atoms with Gasteiger partial charge in [0.05, 0.1) is 19.7 Å². The van der Waals surface area contributed by atoms with Crippen molar-refractivity contribution in [2.75, 3.05) is 33.3 Å². The SMILES string of the molecule is CN1CC=C(CNCCO)O1. The summed E-state index contributed by atoms with van der Waals surface area (Å²) in [5.41, 5.74) is 0. The van der Waals surface area contributed by atoms with Crippen LogP contribution in [-0.4, -0.2) is 43.5 Å². The highest BCUT2D eigenvalue weighted by Gasteiger charge is 2.09. The van der Waals surface area contributed by atoms with Gasteiger partial charge in [-0.1, -0.05) is 0 Å². The van der Waals surface area contributed by atoms with E-state index in [0.717, 1.165) is 12.3 Å². The van der Waals surface area contributed by atoms with Crippen LogP contribution in [0.2, 0.25) is 0 Å². The largest absolute Gasteiger partial charge is 0.409 e. The third kappa shape index (κ3) is 2.88. The molecule has 0 aromatic carbocycles. The first kappa shape index (κ1) is 8.52. The van der Waals surface area contributed by atoms with E-state index in [1.807, 2.05) is 13.1 Å². The van der Waals surface area contributed by atoms with E-state index in [-0.39, 0.29) is 6.61 Å². The van der Waals surface area contributed by atoms with E-state index >= 15 is 0 Å². The maximum atomic E-state index is 8.46. The molecule has 64 valence electrons. The second-order valence-corrected chi connectivity index (χ2v) is 2.47. The van der Waals surface area contributed by atoms with Crippen LogP contribution in [0, 0.1) is 0 Å². The highest BCUT2D eigenvalue weighted by molar-refractivity contribution is 4.99. The normalized spacial score (nSPS) is 18.2. The monoisotopic (exact) mass is 158 g/mol. The van der Waals surface area contributed by atoms with Gasteiger partial charge in [0.1, 0.15) is 5.76 Å². The summed E-state index contributed by atoms with van der Waals surface area (Å²) in [5.74, 6) is 0.931. The van der Waals surface area contributed by atoms with Crippen molar-refractivity contribution in [3.05, 3.63) is 11.8 Å². The Labute approximate surface area is 66.4 Å². The highest BCUT2D eigenvalue weighted by Crippen LogP contribution is 2.06. The molecule has 4 nitrogen and oxygen atoms in total. The summed E-state index contributed by atoms with van der Waals surface area (Å²) in [7, 11) is 1.88. The zero-order valence-electron chi connectivity index (χ0n) is 6.71. The summed E-state index contributed by atoms with van der Waals surface area (Å²) in [6.07, 6.45) is 2.02. The van der Waals surface area contributed by atoms with Crippen molar-refractivity contribution in [1.29, 1.82) is 0 Å². The molecule has 1 heterocycles. The Bertz CT molecular complexity index is 147. The second kappa shape index (κ2) is 4.33. The minimum absolute atomic E-state index is 0.170. The molecule has 11 heavy (non-hydrogen) atoms. The van der Waals surface area contributed by atoms with Crippen LogP contribution in [0.3, 0.4) is 0 Å². The molecule has 1 aliphatic rings. The predicted molar refractivity (Wildman–Crippen MR) is 41.8 cm³/mol. The smallest absolute Gasteiger partial charge is 0.135 e. The van der Waals surface area contributed by atoms with Gasteiger partial charge in [0.2, 0.25) is 0 Å². The number of hydrogen-bond donors (Lipinski definition) is 2. The van der Waals surface area contributed by atoms with Crippen molar-refractivity contribution in [3.63, 3.8) is 0 Å². The molecule has 0 unspecified atom stereocenters. The van der Waals surface area contributed by atoms with E-state index in [9.17, 15) is 0 Å². The fourth-order valence-electron chi connectivity index (χ4n) is 0.900. The number of aliphatic hydroxyl groups is 1. The van der Waals surface area contributed by atoms with Gasteiger partial charge in [-0.3, -0.25) is 0 Å². The van der Waals surface area contributed by atoms with Crippen LogP contribution in [0.15, 0.2) is 11.8 Å². The number of likely N-dealkylation sites (N-methyl/N-ethyl adjacent to an activating group) is 1. The molecule has 0 saturated heterocycles. The standard InChI is InChI=1S/C7H14N2O2/c1-9-4-2-7(11-9)6-8-3-5-10/h2,8,10H,3-6H2,1H3. The number of rotatable bonds is 4. The minimum Gasteiger partial charge on any atom is -0.409 e. The van der Waals surface area contributed by atoms with Crippen molar-refractivity contribution in [1.82, 2.24) is 10.4 Å². The Morgan fingerprint density at radius 1 is 1.82 bits per heavy atom. The molecular weight excluding hydrogens is 144 g/mol. The number of aliphatic hydroxyl groups excluding tert-OH is 1. The molecule has 0 spiro atoms. The molecule has 0 aliphatic carbocycles. The summed E-state index contributed by atoms with van der Waals surface area (Å²) in [6, 6.07) is 0. The van der Waals surface area contributed by atoms with Crippen molar-refractivity contribution < 1.29 is 9.94 Å². The van der Waals surface area contributed by atoms with Crippen molar-refractivity contribution in [2.45, 2.75) is 0 Å². The van der Waals surface area contributed by atoms with Gasteiger partial charge in [-0.2, -0.15) is 0 Å². The summed E-state index contributed by atoms with van der Waals surface area (Å²) >= 11 is 0. The summed E-state index contributed by atoms with van der Waals surface area (Å²) in [5, 5.41) is 13.2. The van der Waals surface area contributed by atoms with E-state index in [2.05, 4.69) is 5.32 Å². The van der Waals surface area contributed by atoms with Crippen molar-refractivity contribution >= 4 is 0 Å². The molecule has 0 saturated carbocycles. The quantitative estimate of drug-likeness (QED) is 0.533. The third-order valence-electron chi connectivity index (χ3n) is 1.44. The van der Waals surface area contributed by atoms with E-state index in [0.29, 0.717) is 13.1 Å². The van der Waals surface area contributed by atoms with E-state index in [1.165, 1.54) is 0 Å². The van der Waals surface area contributed by atoms with Crippen LogP contribution in [0.1, 0.15) is 0 Å². The van der Waals surface area contributed by atoms with Crippen LogP contribution in [-0.2, 0) is 4.84 Å². The van der Waals surface area contributed by atoms with Crippen molar-refractivity contribution in [3.8, 4) is 0 Å². The number of hydrogen-bond acceptors (Lipinski definition) is 4. The summed E-state index contributed by atoms with van der Waals surface area (Å²) < 4.78 is 0. The molecule has 0 aromatic rings. The van der Waals surface area contributed by atoms with Gasteiger partial charge in [-0.15, -0.1) is 5.06 Å². The van der Waals surface area contributed by atoms with Crippen LogP contribution in [0.25, 0.3) is 0 Å². The molecule has 0 amide bonds. The maximum absolute atomic E-state index is 8.46. The Balaban J connectivity index is 2.08. The van der Waals surface area contributed by atoms with Gasteiger partial charge in [0.25, 0.3) is 0 Å². The van der Waals surface area contributed by atoms with E-state index in [1.54, 1.807) is 5.06 Å². The second-order valence-electron chi connectivity index (χ2n) is 2.47. The fourth-order valence-corrected chi connectivity index (χ4v) is 0.900. The van der Waals surface area contributed by atoms with Crippen LogP contribution >= 0.6 is 0 Å². The Morgan fingerprint density at radius 2 is 2.64 bits per heavy atom. The van der Waals surface area contributed by atoms with Crippen LogP contribution in [0.5, 0.6) is 0 Å². The van der Waals surface area contributed by atoms with E-state index in [4.69, 9.17) is 9.94 Å². The van der Waals surface area contributed by atoms with Crippen LogP contribution < -0.4 is 5.32 Å². The summed E-state index contributed by atoms with van der Waals surface area (Å²) in [6.45, 7) is 2.33. The lowest BCUT2D eigenvalue weighted by atomic mass is 10.4. The first-order valence-corrected chi connectivity index (χ1v) is 3.72. The Hall–Kier alpha value is -0.580. The molecular formula is C7H14N2O2. The molecule has 2 N–H and O–H groups in total. The highest BCUT2D eigenvalue weighted by atomic mass is 16.7.